The van der Waals surface area contributed by atoms with E-state index in [2.05, 4.69) is 10.3 Å². The Hall–Kier alpha value is -2.89. The van der Waals surface area contributed by atoms with E-state index in [1.807, 2.05) is 19.9 Å². The molecule has 0 aliphatic rings. The van der Waals surface area contributed by atoms with Gasteiger partial charge in [-0.25, -0.2) is 4.98 Å². The van der Waals surface area contributed by atoms with Gasteiger partial charge >= 0.3 is 0 Å². The third-order valence-electron chi connectivity index (χ3n) is 3.61. The largest absolute Gasteiger partial charge is 0.495 e. The van der Waals surface area contributed by atoms with Gasteiger partial charge in [-0.05, 0) is 38.1 Å². The fourth-order valence-corrected chi connectivity index (χ4v) is 2.29. The second-order valence-corrected chi connectivity index (χ2v) is 5.04. The Kier molecular flexibility index (Phi) is 5.89. The van der Waals surface area contributed by atoms with Crippen LogP contribution in [0.5, 0.6) is 5.75 Å². The molecule has 0 aliphatic heterocycles. The topological polar surface area (TPSA) is 71.5 Å². The highest BCUT2D eigenvalue weighted by Gasteiger charge is 2.17. The summed E-state index contributed by atoms with van der Waals surface area (Å²) in [5.41, 5.74) is 0.984. The second-order valence-electron chi connectivity index (χ2n) is 5.04. The second kappa shape index (κ2) is 8.10. The van der Waals surface area contributed by atoms with Crippen molar-refractivity contribution < 1.29 is 14.3 Å². The number of benzene rings is 1. The van der Waals surface area contributed by atoms with Crippen LogP contribution in [-0.4, -0.2) is 41.9 Å². The lowest BCUT2D eigenvalue weighted by molar-refractivity contribution is 0.0767. The van der Waals surface area contributed by atoms with Gasteiger partial charge in [-0.3, -0.25) is 9.59 Å². The molecule has 0 saturated carbocycles. The number of amides is 2. The van der Waals surface area contributed by atoms with Gasteiger partial charge in [0, 0.05) is 13.1 Å². The molecule has 2 rings (SSSR count). The Morgan fingerprint density at radius 1 is 1.04 bits per heavy atom. The first-order valence-electron chi connectivity index (χ1n) is 7.81. The molecule has 1 heterocycles. The van der Waals surface area contributed by atoms with Crippen molar-refractivity contribution >= 4 is 17.5 Å². The summed E-state index contributed by atoms with van der Waals surface area (Å²) >= 11 is 0. The minimum atomic E-state index is -0.395. The van der Waals surface area contributed by atoms with Crippen LogP contribution in [0.25, 0.3) is 0 Å². The average Bonchev–Trinajstić information content (AvgIpc) is 2.63. The molecule has 6 nitrogen and oxygen atoms in total. The van der Waals surface area contributed by atoms with Gasteiger partial charge in [-0.2, -0.15) is 0 Å². The van der Waals surface area contributed by atoms with E-state index >= 15 is 0 Å². The fraction of sp³-hybridized carbons (Fsp3) is 0.278. The number of methoxy groups -OCH3 is 1. The number of hydrogen-bond acceptors (Lipinski definition) is 4. The van der Waals surface area contributed by atoms with Gasteiger partial charge in [0.2, 0.25) is 0 Å². The van der Waals surface area contributed by atoms with Crippen LogP contribution in [0.3, 0.4) is 0 Å². The third kappa shape index (κ3) is 3.90. The monoisotopic (exact) mass is 327 g/mol. The lowest BCUT2D eigenvalue weighted by Crippen LogP contribution is -2.31. The van der Waals surface area contributed by atoms with E-state index in [-0.39, 0.29) is 17.3 Å². The molecule has 1 N–H and O–H groups in total. The lowest BCUT2D eigenvalue weighted by Gasteiger charge is -2.18. The van der Waals surface area contributed by atoms with Gasteiger partial charge in [-0.15, -0.1) is 0 Å². The molecular weight excluding hydrogens is 306 g/mol. The highest BCUT2D eigenvalue weighted by atomic mass is 16.5. The Morgan fingerprint density at radius 2 is 1.71 bits per heavy atom. The van der Waals surface area contributed by atoms with Crippen LogP contribution in [0, 0.1) is 0 Å². The molecule has 2 amide bonds. The van der Waals surface area contributed by atoms with E-state index in [1.54, 1.807) is 41.3 Å². The summed E-state index contributed by atoms with van der Waals surface area (Å²) in [6.45, 7) is 4.99. The highest BCUT2D eigenvalue weighted by molar-refractivity contribution is 6.04. The minimum Gasteiger partial charge on any atom is -0.495 e. The first kappa shape index (κ1) is 17.5. The summed E-state index contributed by atoms with van der Waals surface area (Å²) in [4.78, 5) is 30.6. The Morgan fingerprint density at radius 3 is 2.38 bits per heavy atom. The third-order valence-corrected chi connectivity index (χ3v) is 3.61. The molecular formula is C18H21N3O3. The Labute approximate surface area is 141 Å². The molecule has 0 atom stereocenters. The normalized spacial score (nSPS) is 10.1. The van der Waals surface area contributed by atoms with Crippen LogP contribution in [0.4, 0.5) is 5.69 Å². The number of aromatic nitrogens is 1. The van der Waals surface area contributed by atoms with Crippen molar-refractivity contribution in [1.29, 1.82) is 0 Å². The average molecular weight is 327 g/mol. The van der Waals surface area contributed by atoms with E-state index in [4.69, 9.17) is 4.74 Å². The number of nitrogens with one attached hydrogen (secondary N) is 1. The van der Waals surface area contributed by atoms with Crippen molar-refractivity contribution in [2.24, 2.45) is 0 Å². The number of carbonyl (C=O) groups is 2. The minimum absolute atomic E-state index is 0.180. The molecule has 2 aromatic rings. The summed E-state index contributed by atoms with van der Waals surface area (Å²) in [6.07, 6.45) is 0. The number of para-hydroxylation sites is 2. The van der Waals surface area contributed by atoms with Gasteiger partial charge in [0.05, 0.1) is 12.8 Å². The number of anilines is 1. The van der Waals surface area contributed by atoms with E-state index in [1.165, 1.54) is 7.11 Å². The maximum Gasteiger partial charge on any atom is 0.274 e. The van der Waals surface area contributed by atoms with Crippen LogP contribution >= 0.6 is 0 Å². The first-order valence-corrected chi connectivity index (χ1v) is 7.81. The van der Waals surface area contributed by atoms with Crippen LogP contribution in [-0.2, 0) is 0 Å². The quantitative estimate of drug-likeness (QED) is 0.885. The molecule has 0 radical (unpaired) electrons. The number of rotatable bonds is 6. The first-order chi connectivity index (χ1) is 11.6. The zero-order valence-corrected chi connectivity index (χ0v) is 14.1. The summed E-state index contributed by atoms with van der Waals surface area (Å²) in [6, 6.07) is 11.9. The molecule has 0 unspecified atom stereocenters. The van der Waals surface area contributed by atoms with Crippen LogP contribution in [0.2, 0.25) is 0 Å². The van der Waals surface area contributed by atoms with E-state index in [9.17, 15) is 9.59 Å². The standard InChI is InChI=1S/C18H21N3O3/c1-4-21(5-2)18(23)15-11-8-10-14(19-15)17(22)20-13-9-6-7-12-16(13)24-3/h6-12H,4-5H2,1-3H3,(H,20,22). The Bertz CT molecular complexity index is 727. The van der Waals surface area contributed by atoms with Crippen LogP contribution in [0.1, 0.15) is 34.8 Å². The fourth-order valence-electron chi connectivity index (χ4n) is 2.29. The number of carbonyl (C=O) groups excluding carboxylic acids is 2. The summed E-state index contributed by atoms with van der Waals surface area (Å²) in [5, 5.41) is 2.75. The van der Waals surface area contributed by atoms with E-state index in [0.29, 0.717) is 24.5 Å². The maximum absolute atomic E-state index is 12.4. The van der Waals surface area contributed by atoms with Gasteiger partial charge in [0.25, 0.3) is 11.8 Å². The van der Waals surface area contributed by atoms with Crippen molar-refractivity contribution in [3.63, 3.8) is 0 Å². The number of ether oxygens (including phenoxy) is 1. The van der Waals surface area contributed by atoms with Crippen molar-refractivity contribution in [3.8, 4) is 5.75 Å². The summed E-state index contributed by atoms with van der Waals surface area (Å²) in [7, 11) is 1.53. The lowest BCUT2D eigenvalue weighted by atomic mass is 10.2. The molecule has 0 bridgehead atoms. The van der Waals surface area contributed by atoms with Crippen molar-refractivity contribution in [1.82, 2.24) is 9.88 Å². The van der Waals surface area contributed by atoms with E-state index < -0.39 is 5.91 Å². The molecule has 0 aliphatic carbocycles. The summed E-state index contributed by atoms with van der Waals surface area (Å²) in [5.74, 6) is -0.0261. The molecule has 126 valence electrons. The maximum atomic E-state index is 12.4. The molecule has 1 aromatic carbocycles. The number of hydrogen-bond donors (Lipinski definition) is 1. The van der Waals surface area contributed by atoms with Gasteiger partial charge in [0.1, 0.15) is 17.1 Å². The predicted octanol–water partition coefficient (Wildman–Crippen LogP) is 2.82. The summed E-state index contributed by atoms with van der Waals surface area (Å²) < 4.78 is 5.21. The van der Waals surface area contributed by atoms with Crippen molar-refractivity contribution in [2.75, 3.05) is 25.5 Å². The smallest absolute Gasteiger partial charge is 0.274 e. The molecule has 1 aromatic heterocycles. The van der Waals surface area contributed by atoms with Crippen molar-refractivity contribution in [2.45, 2.75) is 13.8 Å². The molecule has 0 fully saturated rings. The number of pyridine rings is 1. The van der Waals surface area contributed by atoms with Gasteiger partial charge in [0.15, 0.2) is 0 Å². The van der Waals surface area contributed by atoms with Crippen LogP contribution in [0.15, 0.2) is 42.5 Å². The number of nitrogens with zero attached hydrogens (tertiary/aromatic N) is 2. The van der Waals surface area contributed by atoms with Crippen LogP contribution < -0.4 is 10.1 Å². The molecule has 0 saturated heterocycles. The van der Waals surface area contributed by atoms with Gasteiger partial charge in [-0.1, -0.05) is 18.2 Å². The zero-order chi connectivity index (χ0) is 17.5. The molecule has 24 heavy (non-hydrogen) atoms. The highest BCUT2D eigenvalue weighted by Crippen LogP contribution is 2.23. The SMILES string of the molecule is CCN(CC)C(=O)c1cccc(C(=O)Nc2ccccc2OC)n1. The van der Waals surface area contributed by atoms with Crippen molar-refractivity contribution in [3.05, 3.63) is 53.9 Å². The van der Waals surface area contributed by atoms with E-state index in [0.717, 1.165) is 0 Å². The zero-order valence-electron chi connectivity index (χ0n) is 14.1. The molecule has 6 heteroatoms. The predicted molar refractivity (Wildman–Crippen MR) is 92.4 cm³/mol. The van der Waals surface area contributed by atoms with Gasteiger partial charge < -0.3 is 15.0 Å². The Balaban J connectivity index is 2.22. The molecule has 0 spiro atoms.